The molecule has 2 aromatic rings. The van der Waals surface area contributed by atoms with Gasteiger partial charge in [-0.2, -0.15) is 0 Å². The normalized spacial score (nSPS) is 14.0. The first-order valence-corrected chi connectivity index (χ1v) is 8.98. The summed E-state index contributed by atoms with van der Waals surface area (Å²) in [4.78, 5) is 24.3. The molecule has 0 radical (unpaired) electrons. The number of carbonyl (C=O) groups is 2. The molecular weight excluding hydrogens is 332 g/mol. The van der Waals surface area contributed by atoms with Gasteiger partial charge in [-0.3, -0.25) is 9.59 Å². The summed E-state index contributed by atoms with van der Waals surface area (Å²) in [5.41, 5.74) is 5.07. The van der Waals surface area contributed by atoms with Crippen molar-refractivity contribution in [1.29, 1.82) is 0 Å². The lowest BCUT2D eigenvalue weighted by Crippen LogP contribution is -2.30. The van der Waals surface area contributed by atoms with Gasteiger partial charge in [0.1, 0.15) is 5.76 Å². The summed E-state index contributed by atoms with van der Waals surface area (Å²) in [6.07, 6.45) is 3.12. The molecule has 0 saturated carbocycles. The molecular formula is C20H24N2O4. The van der Waals surface area contributed by atoms with E-state index in [1.807, 2.05) is 26.0 Å². The average molecular weight is 356 g/mol. The van der Waals surface area contributed by atoms with Gasteiger partial charge in [0.25, 0.3) is 5.91 Å². The van der Waals surface area contributed by atoms with E-state index in [2.05, 4.69) is 16.5 Å². The topological polar surface area (TPSA) is 81.4 Å². The van der Waals surface area contributed by atoms with Crippen LogP contribution in [0.5, 0.6) is 0 Å². The second-order valence-corrected chi connectivity index (χ2v) is 6.76. The molecule has 6 nitrogen and oxygen atoms in total. The molecule has 6 heteroatoms. The van der Waals surface area contributed by atoms with Crippen molar-refractivity contribution in [3.8, 4) is 0 Å². The second kappa shape index (κ2) is 7.72. The van der Waals surface area contributed by atoms with Gasteiger partial charge in [-0.25, -0.2) is 0 Å². The van der Waals surface area contributed by atoms with Crippen LogP contribution >= 0.6 is 0 Å². The Labute approximate surface area is 152 Å². The Kier molecular flexibility index (Phi) is 5.40. The highest BCUT2D eigenvalue weighted by atomic mass is 16.5. The summed E-state index contributed by atoms with van der Waals surface area (Å²) < 4.78 is 10.3. The number of aromatic nitrogens is 1. The van der Waals surface area contributed by atoms with Crippen molar-refractivity contribution in [3.63, 3.8) is 0 Å². The van der Waals surface area contributed by atoms with Crippen LogP contribution in [0.25, 0.3) is 0 Å². The Morgan fingerprint density at radius 2 is 2.04 bits per heavy atom. The number of fused-ring (bicyclic) bond motifs is 1. The van der Waals surface area contributed by atoms with Crippen molar-refractivity contribution in [2.24, 2.45) is 0 Å². The lowest BCUT2D eigenvalue weighted by Gasteiger charge is -2.14. The second-order valence-electron chi connectivity index (χ2n) is 6.76. The summed E-state index contributed by atoms with van der Waals surface area (Å²) in [5.74, 6) is -0.0343. The van der Waals surface area contributed by atoms with E-state index < -0.39 is 12.1 Å². The van der Waals surface area contributed by atoms with E-state index in [9.17, 15) is 9.59 Å². The zero-order chi connectivity index (χ0) is 18.7. The van der Waals surface area contributed by atoms with Gasteiger partial charge < -0.3 is 14.6 Å². The number of nitrogens with one attached hydrogen (secondary N) is 1. The first-order chi connectivity index (χ1) is 12.4. The average Bonchev–Trinajstić information content (AvgIpc) is 3.19. The minimum Gasteiger partial charge on any atom is -0.453 e. The molecule has 1 heterocycles. The van der Waals surface area contributed by atoms with E-state index in [-0.39, 0.29) is 12.3 Å². The molecule has 26 heavy (non-hydrogen) atoms. The number of rotatable bonds is 6. The van der Waals surface area contributed by atoms with Crippen LogP contribution in [0.4, 0.5) is 5.69 Å². The van der Waals surface area contributed by atoms with Crippen molar-refractivity contribution >= 4 is 17.6 Å². The molecule has 1 N–H and O–H groups in total. The van der Waals surface area contributed by atoms with E-state index in [1.54, 1.807) is 6.92 Å². The number of esters is 1. The number of ether oxygens (including phenoxy) is 1. The molecule has 0 spiro atoms. The number of hydrogen-bond donors (Lipinski definition) is 1. The van der Waals surface area contributed by atoms with Gasteiger partial charge in [-0.05, 0) is 69.7 Å². The summed E-state index contributed by atoms with van der Waals surface area (Å²) in [6.45, 7) is 5.23. The largest absolute Gasteiger partial charge is 0.453 e. The summed E-state index contributed by atoms with van der Waals surface area (Å²) >= 11 is 0. The number of aryl methyl sites for hydroxylation is 4. The van der Waals surface area contributed by atoms with Crippen LogP contribution < -0.4 is 5.32 Å². The number of amides is 1. The van der Waals surface area contributed by atoms with Crippen molar-refractivity contribution < 1.29 is 18.8 Å². The van der Waals surface area contributed by atoms with Crippen molar-refractivity contribution in [2.45, 2.75) is 59.0 Å². The van der Waals surface area contributed by atoms with Crippen LogP contribution in [-0.2, 0) is 33.6 Å². The molecule has 0 saturated heterocycles. The quantitative estimate of drug-likeness (QED) is 0.803. The van der Waals surface area contributed by atoms with E-state index in [0.29, 0.717) is 12.2 Å². The van der Waals surface area contributed by atoms with Crippen LogP contribution in [-0.4, -0.2) is 23.1 Å². The minimum absolute atomic E-state index is 0.180. The highest BCUT2D eigenvalue weighted by Gasteiger charge is 2.20. The molecule has 1 aliphatic rings. The van der Waals surface area contributed by atoms with Gasteiger partial charge in [-0.1, -0.05) is 11.2 Å². The first-order valence-electron chi connectivity index (χ1n) is 8.98. The number of benzene rings is 1. The third kappa shape index (κ3) is 4.12. The third-order valence-electron chi connectivity index (χ3n) is 4.80. The van der Waals surface area contributed by atoms with Crippen molar-refractivity contribution in [2.75, 3.05) is 5.32 Å². The molecule has 138 valence electrons. The smallest absolute Gasteiger partial charge is 0.306 e. The predicted molar refractivity (Wildman–Crippen MR) is 96.9 cm³/mol. The maximum atomic E-state index is 12.3. The first kappa shape index (κ1) is 18.2. The molecule has 1 atom stereocenters. The lowest BCUT2D eigenvalue weighted by molar-refractivity contribution is -0.153. The number of carbonyl (C=O) groups excluding carboxylic acids is 2. The molecule has 1 aromatic carbocycles. The van der Waals surface area contributed by atoms with E-state index in [0.717, 1.165) is 36.2 Å². The van der Waals surface area contributed by atoms with Crippen LogP contribution in [0, 0.1) is 13.8 Å². The van der Waals surface area contributed by atoms with Gasteiger partial charge in [0.2, 0.25) is 0 Å². The predicted octanol–water partition coefficient (Wildman–Crippen LogP) is 3.28. The summed E-state index contributed by atoms with van der Waals surface area (Å²) in [5, 5.41) is 6.69. The standard InChI is InChI=1S/C20H24N2O4/c1-12-18(13(2)26-22-12)9-10-19(23)25-14(3)20(24)21-17-8-7-15-5-4-6-16(15)11-17/h7-8,11,14H,4-6,9-10H2,1-3H3,(H,21,24)/t14-/m1/s1. The molecule has 0 aliphatic heterocycles. The monoisotopic (exact) mass is 356 g/mol. The van der Waals surface area contributed by atoms with Crippen LogP contribution in [0.2, 0.25) is 0 Å². The van der Waals surface area contributed by atoms with Crippen molar-refractivity contribution in [1.82, 2.24) is 5.16 Å². The van der Waals surface area contributed by atoms with E-state index in [1.165, 1.54) is 11.1 Å². The molecule has 0 fully saturated rings. The maximum Gasteiger partial charge on any atom is 0.306 e. The summed E-state index contributed by atoms with van der Waals surface area (Å²) in [7, 11) is 0. The molecule has 1 aliphatic carbocycles. The Bertz CT molecular complexity index is 806. The van der Waals surface area contributed by atoms with E-state index in [4.69, 9.17) is 9.26 Å². The molecule has 1 aromatic heterocycles. The van der Waals surface area contributed by atoms with Gasteiger partial charge in [-0.15, -0.1) is 0 Å². The molecule has 0 bridgehead atoms. The number of hydrogen-bond acceptors (Lipinski definition) is 5. The molecule has 3 rings (SSSR count). The van der Waals surface area contributed by atoms with Gasteiger partial charge in [0, 0.05) is 17.7 Å². The zero-order valence-corrected chi connectivity index (χ0v) is 15.4. The fourth-order valence-corrected chi connectivity index (χ4v) is 3.29. The molecule has 1 amide bonds. The van der Waals surface area contributed by atoms with E-state index >= 15 is 0 Å². The number of nitrogens with zero attached hydrogens (tertiary/aromatic N) is 1. The highest BCUT2D eigenvalue weighted by Crippen LogP contribution is 2.25. The van der Waals surface area contributed by atoms with Crippen LogP contribution in [0.3, 0.4) is 0 Å². The fourth-order valence-electron chi connectivity index (χ4n) is 3.29. The van der Waals surface area contributed by atoms with Gasteiger partial charge >= 0.3 is 5.97 Å². The van der Waals surface area contributed by atoms with Gasteiger partial charge in [0.05, 0.1) is 5.69 Å². The van der Waals surface area contributed by atoms with Crippen LogP contribution in [0.15, 0.2) is 22.7 Å². The number of anilines is 1. The SMILES string of the molecule is Cc1noc(C)c1CCC(=O)O[C@H](C)C(=O)Nc1ccc2c(c1)CCC2. The lowest BCUT2D eigenvalue weighted by atomic mass is 10.1. The molecule has 0 unspecified atom stereocenters. The van der Waals surface area contributed by atoms with Gasteiger partial charge in [0.15, 0.2) is 6.10 Å². The minimum atomic E-state index is -0.847. The highest BCUT2D eigenvalue weighted by molar-refractivity contribution is 5.95. The Balaban J connectivity index is 1.50. The van der Waals surface area contributed by atoms with Crippen LogP contribution in [0.1, 0.15) is 47.9 Å². The maximum absolute atomic E-state index is 12.3. The Morgan fingerprint density at radius 1 is 1.27 bits per heavy atom. The fraction of sp³-hybridized carbons (Fsp3) is 0.450. The van der Waals surface area contributed by atoms with Crippen molar-refractivity contribution in [3.05, 3.63) is 46.3 Å². The Hall–Kier alpha value is -2.63. The Morgan fingerprint density at radius 3 is 2.77 bits per heavy atom. The third-order valence-corrected chi connectivity index (χ3v) is 4.80. The summed E-state index contributed by atoms with van der Waals surface area (Å²) in [6, 6.07) is 5.96. The zero-order valence-electron chi connectivity index (χ0n) is 15.4.